The second-order valence-corrected chi connectivity index (χ2v) is 7.24. The third-order valence-electron chi connectivity index (χ3n) is 5.31. The number of piperidine rings is 1. The molecule has 0 radical (unpaired) electrons. The summed E-state index contributed by atoms with van der Waals surface area (Å²) >= 11 is 0. The van der Waals surface area contributed by atoms with Crippen molar-refractivity contribution in [3.63, 3.8) is 0 Å². The number of hydrogen-bond acceptors (Lipinski definition) is 6. The van der Waals surface area contributed by atoms with Gasteiger partial charge < -0.3 is 19.1 Å². The summed E-state index contributed by atoms with van der Waals surface area (Å²) < 4.78 is 15.8. The Bertz CT molecular complexity index is 789. The van der Waals surface area contributed by atoms with Crippen LogP contribution in [0.2, 0.25) is 0 Å². The van der Waals surface area contributed by atoms with Crippen molar-refractivity contribution in [2.75, 3.05) is 47.6 Å². The van der Waals surface area contributed by atoms with Crippen molar-refractivity contribution in [3.8, 4) is 11.5 Å². The number of methoxy groups -OCH3 is 3. The molecule has 0 aromatic heterocycles. The third kappa shape index (κ3) is 3.71. The largest absolute Gasteiger partial charge is 0.493 e. The molecular formula is C21H28N2O5. The van der Waals surface area contributed by atoms with Gasteiger partial charge in [0.1, 0.15) is 5.70 Å². The first kappa shape index (κ1) is 20.2. The third-order valence-corrected chi connectivity index (χ3v) is 5.31. The van der Waals surface area contributed by atoms with E-state index in [1.165, 1.54) is 4.90 Å². The zero-order chi connectivity index (χ0) is 20.3. The standard InChI is InChI=1S/C21H28N2O5/c1-14-6-5-9-22(13-14)19-18(20(24)23(21(19)25)10-11-26-2)15-7-8-16(27-3)17(12-15)28-4/h7-8,12,14H,5-6,9-11,13H2,1-4H3. The maximum absolute atomic E-state index is 13.2. The van der Waals surface area contributed by atoms with Crippen LogP contribution in [0.25, 0.3) is 5.57 Å². The number of likely N-dealkylation sites (tertiary alicyclic amines) is 1. The fourth-order valence-corrected chi connectivity index (χ4v) is 3.89. The Morgan fingerprint density at radius 3 is 2.46 bits per heavy atom. The fourth-order valence-electron chi connectivity index (χ4n) is 3.89. The predicted molar refractivity (Wildman–Crippen MR) is 105 cm³/mol. The molecule has 7 heteroatoms. The van der Waals surface area contributed by atoms with E-state index in [2.05, 4.69) is 11.8 Å². The number of nitrogens with zero attached hydrogens (tertiary/aromatic N) is 2. The molecule has 1 aromatic rings. The van der Waals surface area contributed by atoms with E-state index in [0.717, 1.165) is 25.9 Å². The SMILES string of the molecule is COCCN1C(=O)C(c2ccc(OC)c(OC)c2)=C(N2CCCC(C)C2)C1=O. The van der Waals surface area contributed by atoms with Crippen molar-refractivity contribution in [2.24, 2.45) is 5.92 Å². The number of carbonyl (C=O) groups is 2. The maximum atomic E-state index is 13.2. The molecule has 0 spiro atoms. The highest BCUT2D eigenvalue weighted by atomic mass is 16.5. The molecule has 1 atom stereocenters. The molecule has 1 unspecified atom stereocenters. The van der Waals surface area contributed by atoms with E-state index >= 15 is 0 Å². The number of benzene rings is 1. The van der Waals surface area contributed by atoms with Crippen LogP contribution >= 0.6 is 0 Å². The maximum Gasteiger partial charge on any atom is 0.277 e. The minimum atomic E-state index is -0.289. The van der Waals surface area contributed by atoms with Crippen LogP contribution in [0.5, 0.6) is 11.5 Å². The number of carbonyl (C=O) groups excluding carboxylic acids is 2. The van der Waals surface area contributed by atoms with Crippen molar-refractivity contribution in [3.05, 3.63) is 29.5 Å². The lowest BCUT2D eigenvalue weighted by atomic mass is 9.97. The summed E-state index contributed by atoms with van der Waals surface area (Å²) in [5.74, 6) is 1.04. The van der Waals surface area contributed by atoms with Crippen LogP contribution in [0, 0.1) is 5.92 Å². The van der Waals surface area contributed by atoms with Gasteiger partial charge in [0.2, 0.25) is 0 Å². The van der Waals surface area contributed by atoms with Crippen molar-refractivity contribution in [1.82, 2.24) is 9.80 Å². The Morgan fingerprint density at radius 1 is 1.07 bits per heavy atom. The molecule has 2 aliphatic heterocycles. The molecule has 1 saturated heterocycles. The van der Waals surface area contributed by atoms with Crippen molar-refractivity contribution in [1.29, 1.82) is 0 Å². The molecule has 1 aromatic carbocycles. The van der Waals surface area contributed by atoms with Crippen molar-refractivity contribution in [2.45, 2.75) is 19.8 Å². The monoisotopic (exact) mass is 388 g/mol. The van der Waals surface area contributed by atoms with Gasteiger partial charge in [0.15, 0.2) is 11.5 Å². The van der Waals surface area contributed by atoms with Crippen LogP contribution in [0.15, 0.2) is 23.9 Å². The lowest BCUT2D eigenvalue weighted by Crippen LogP contribution is -2.40. The molecule has 152 valence electrons. The van der Waals surface area contributed by atoms with E-state index in [0.29, 0.717) is 40.9 Å². The molecule has 0 bridgehead atoms. The topological polar surface area (TPSA) is 68.3 Å². The molecule has 0 N–H and O–H groups in total. The normalized spacial score (nSPS) is 20.2. The van der Waals surface area contributed by atoms with Crippen molar-refractivity contribution >= 4 is 17.4 Å². The number of hydrogen-bond donors (Lipinski definition) is 0. The number of imide groups is 1. The number of rotatable bonds is 7. The average molecular weight is 388 g/mol. The highest BCUT2D eigenvalue weighted by molar-refractivity contribution is 6.35. The summed E-state index contributed by atoms with van der Waals surface area (Å²) in [4.78, 5) is 29.7. The van der Waals surface area contributed by atoms with Gasteiger partial charge in [0.25, 0.3) is 11.8 Å². The smallest absolute Gasteiger partial charge is 0.277 e. The van der Waals surface area contributed by atoms with Crippen molar-refractivity contribution < 1.29 is 23.8 Å². The first-order chi connectivity index (χ1) is 13.5. The molecule has 0 aliphatic carbocycles. The van der Waals surface area contributed by atoms with Crippen LogP contribution < -0.4 is 9.47 Å². The number of ether oxygens (including phenoxy) is 3. The van der Waals surface area contributed by atoms with Gasteiger partial charge >= 0.3 is 0 Å². The van der Waals surface area contributed by atoms with Crippen LogP contribution in [0.1, 0.15) is 25.3 Å². The molecule has 3 rings (SSSR count). The lowest BCUT2D eigenvalue weighted by Gasteiger charge is -2.33. The highest BCUT2D eigenvalue weighted by Crippen LogP contribution is 2.37. The fraction of sp³-hybridized carbons (Fsp3) is 0.524. The summed E-state index contributed by atoms with van der Waals surface area (Å²) in [5, 5.41) is 0. The molecule has 28 heavy (non-hydrogen) atoms. The first-order valence-corrected chi connectivity index (χ1v) is 9.58. The zero-order valence-corrected chi connectivity index (χ0v) is 17.0. The van der Waals surface area contributed by atoms with Gasteiger partial charge in [-0.2, -0.15) is 0 Å². The highest BCUT2D eigenvalue weighted by Gasteiger charge is 2.42. The molecule has 2 amide bonds. The van der Waals surface area contributed by atoms with E-state index in [1.54, 1.807) is 39.5 Å². The van der Waals surface area contributed by atoms with Gasteiger partial charge in [0.05, 0.1) is 32.9 Å². The van der Waals surface area contributed by atoms with Gasteiger partial charge in [0, 0.05) is 20.2 Å². The predicted octanol–water partition coefficient (Wildman–Crippen LogP) is 2.16. The Balaban J connectivity index is 2.07. The molecule has 1 fully saturated rings. The van der Waals surface area contributed by atoms with E-state index in [1.807, 2.05) is 0 Å². The second-order valence-electron chi connectivity index (χ2n) is 7.24. The lowest BCUT2D eigenvalue weighted by molar-refractivity contribution is -0.138. The summed E-state index contributed by atoms with van der Waals surface area (Å²) in [6.07, 6.45) is 2.13. The van der Waals surface area contributed by atoms with Crippen LogP contribution in [0.4, 0.5) is 0 Å². The molecule has 0 saturated carbocycles. The quantitative estimate of drug-likeness (QED) is 0.667. The zero-order valence-electron chi connectivity index (χ0n) is 17.0. The van der Waals surface area contributed by atoms with Gasteiger partial charge in [-0.3, -0.25) is 14.5 Å². The van der Waals surface area contributed by atoms with Gasteiger partial charge in [-0.1, -0.05) is 13.0 Å². The molecule has 2 aliphatic rings. The minimum Gasteiger partial charge on any atom is -0.493 e. The minimum absolute atomic E-state index is 0.234. The van der Waals surface area contributed by atoms with E-state index in [4.69, 9.17) is 14.2 Å². The van der Waals surface area contributed by atoms with Crippen LogP contribution in [-0.4, -0.2) is 69.2 Å². The summed E-state index contributed by atoms with van der Waals surface area (Å²) in [5.41, 5.74) is 1.57. The Kier molecular flexibility index (Phi) is 6.24. The molecule has 7 nitrogen and oxygen atoms in total. The first-order valence-electron chi connectivity index (χ1n) is 9.58. The van der Waals surface area contributed by atoms with E-state index in [-0.39, 0.29) is 18.4 Å². The molecular weight excluding hydrogens is 360 g/mol. The Labute approximate surface area is 165 Å². The van der Waals surface area contributed by atoms with E-state index < -0.39 is 0 Å². The van der Waals surface area contributed by atoms with Gasteiger partial charge in [-0.05, 0) is 36.5 Å². The average Bonchev–Trinajstić information content (AvgIpc) is 2.95. The Morgan fingerprint density at radius 2 is 1.82 bits per heavy atom. The van der Waals surface area contributed by atoms with Crippen LogP contribution in [-0.2, 0) is 14.3 Å². The summed E-state index contributed by atoms with van der Waals surface area (Å²) in [6.45, 7) is 4.25. The summed E-state index contributed by atoms with van der Waals surface area (Å²) in [6, 6.07) is 5.31. The van der Waals surface area contributed by atoms with Gasteiger partial charge in [-0.15, -0.1) is 0 Å². The number of amides is 2. The summed E-state index contributed by atoms with van der Waals surface area (Å²) in [7, 11) is 4.67. The van der Waals surface area contributed by atoms with Gasteiger partial charge in [-0.25, -0.2) is 0 Å². The molecule has 2 heterocycles. The van der Waals surface area contributed by atoms with E-state index in [9.17, 15) is 9.59 Å². The second kappa shape index (κ2) is 8.65. The Hall–Kier alpha value is -2.54. The van der Waals surface area contributed by atoms with Crippen LogP contribution in [0.3, 0.4) is 0 Å².